The van der Waals surface area contributed by atoms with E-state index < -0.39 is 6.04 Å². The third-order valence-electron chi connectivity index (χ3n) is 5.57. The summed E-state index contributed by atoms with van der Waals surface area (Å²) < 4.78 is 12.4. The molecule has 1 atom stereocenters. The fourth-order valence-electron chi connectivity index (χ4n) is 3.82. The van der Waals surface area contributed by atoms with Crippen LogP contribution in [0.15, 0.2) is 72.8 Å². The van der Waals surface area contributed by atoms with Gasteiger partial charge in [-0.1, -0.05) is 54.6 Å². The average molecular weight is 430 g/mol. The van der Waals surface area contributed by atoms with Crippen LogP contribution < -0.4 is 14.8 Å². The molecule has 6 heteroatoms. The van der Waals surface area contributed by atoms with E-state index in [0.29, 0.717) is 24.5 Å². The number of para-hydroxylation sites is 1. The van der Waals surface area contributed by atoms with E-state index in [9.17, 15) is 4.79 Å². The highest BCUT2D eigenvalue weighted by Gasteiger charge is 2.20. The maximum absolute atomic E-state index is 12.9. The minimum absolute atomic E-state index is 0.0710. The van der Waals surface area contributed by atoms with Crippen LogP contribution in [0.2, 0.25) is 0 Å². The van der Waals surface area contributed by atoms with Crippen LogP contribution in [0.25, 0.3) is 22.2 Å². The molecular formula is C26H27N3O3. The van der Waals surface area contributed by atoms with Crippen molar-refractivity contribution in [1.29, 1.82) is 0 Å². The summed E-state index contributed by atoms with van der Waals surface area (Å²) >= 11 is 0. The van der Waals surface area contributed by atoms with E-state index in [-0.39, 0.29) is 5.91 Å². The summed E-state index contributed by atoms with van der Waals surface area (Å²) in [6.07, 6.45) is 0.688. The molecule has 0 saturated heterocycles. The number of ether oxygens (including phenoxy) is 2. The summed E-state index contributed by atoms with van der Waals surface area (Å²) in [5.41, 5.74) is 3.91. The second-order valence-corrected chi connectivity index (χ2v) is 7.58. The summed E-state index contributed by atoms with van der Waals surface area (Å²) in [6, 6.07) is 23.4. The molecular weight excluding hydrogens is 402 g/mol. The lowest BCUT2D eigenvalue weighted by Crippen LogP contribution is -2.32. The lowest BCUT2D eigenvalue weighted by molar-refractivity contribution is -0.123. The zero-order valence-electron chi connectivity index (χ0n) is 18.5. The first kappa shape index (κ1) is 21.4. The molecule has 1 amide bonds. The Bertz CT molecular complexity index is 1220. The minimum atomic E-state index is -0.442. The number of benzene rings is 3. The van der Waals surface area contributed by atoms with Crippen LogP contribution >= 0.6 is 0 Å². The summed E-state index contributed by atoms with van der Waals surface area (Å²) in [7, 11) is 3.23. The Labute approximate surface area is 187 Å². The van der Waals surface area contributed by atoms with Crippen molar-refractivity contribution in [2.24, 2.45) is 0 Å². The zero-order valence-corrected chi connectivity index (χ0v) is 18.5. The van der Waals surface area contributed by atoms with E-state index in [1.807, 2.05) is 84.4 Å². The largest absolute Gasteiger partial charge is 0.493 e. The van der Waals surface area contributed by atoms with Gasteiger partial charge in [0.15, 0.2) is 11.5 Å². The molecule has 0 radical (unpaired) electrons. The first-order valence-electron chi connectivity index (χ1n) is 10.6. The third-order valence-corrected chi connectivity index (χ3v) is 5.57. The van der Waals surface area contributed by atoms with E-state index in [1.54, 1.807) is 14.2 Å². The number of hydrogen-bond donors (Lipinski definition) is 1. The van der Waals surface area contributed by atoms with Gasteiger partial charge in [0.2, 0.25) is 5.91 Å². The maximum atomic E-state index is 12.9. The zero-order chi connectivity index (χ0) is 22.5. The van der Waals surface area contributed by atoms with Crippen LogP contribution in [-0.4, -0.2) is 36.5 Å². The summed E-state index contributed by atoms with van der Waals surface area (Å²) in [4.78, 5) is 12.9. The Kier molecular flexibility index (Phi) is 6.40. The standard InChI is InChI=1S/C26H27N3O3/c1-18(26(30)27-16-15-19-13-14-23(31-2)24(17-19)32-3)29-22-12-8-7-11-21(22)25(28-29)20-9-5-4-6-10-20/h4-14,17-18H,15-16H2,1-3H3,(H,27,30). The highest BCUT2D eigenvalue weighted by atomic mass is 16.5. The quantitative estimate of drug-likeness (QED) is 0.443. The molecule has 4 aromatic rings. The molecule has 0 aliphatic heterocycles. The number of aromatic nitrogens is 2. The van der Waals surface area contributed by atoms with Crippen LogP contribution in [0.1, 0.15) is 18.5 Å². The summed E-state index contributed by atoms with van der Waals surface area (Å²) in [5.74, 6) is 1.30. The van der Waals surface area contributed by atoms with E-state index in [2.05, 4.69) is 5.32 Å². The Hall–Kier alpha value is -3.80. The molecule has 0 aliphatic carbocycles. The van der Waals surface area contributed by atoms with E-state index in [4.69, 9.17) is 14.6 Å². The van der Waals surface area contributed by atoms with E-state index >= 15 is 0 Å². The summed E-state index contributed by atoms with van der Waals surface area (Å²) in [5, 5.41) is 8.88. The molecule has 1 heterocycles. The number of hydrogen-bond acceptors (Lipinski definition) is 4. The summed E-state index contributed by atoms with van der Waals surface area (Å²) in [6.45, 7) is 2.39. The fourth-order valence-corrected chi connectivity index (χ4v) is 3.82. The Morgan fingerprint density at radius 2 is 1.69 bits per heavy atom. The van der Waals surface area contributed by atoms with Gasteiger partial charge >= 0.3 is 0 Å². The molecule has 0 fully saturated rings. The molecule has 0 saturated carbocycles. The molecule has 0 bridgehead atoms. The van der Waals surface area contributed by atoms with Crippen molar-refractivity contribution in [3.63, 3.8) is 0 Å². The van der Waals surface area contributed by atoms with Gasteiger partial charge in [-0.05, 0) is 37.1 Å². The molecule has 0 aliphatic rings. The van der Waals surface area contributed by atoms with Gasteiger partial charge in [0.05, 0.1) is 19.7 Å². The van der Waals surface area contributed by atoms with Crippen molar-refractivity contribution in [2.45, 2.75) is 19.4 Å². The molecule has 1 unspecified atom stereocenters. The second-order valence-electron chi connectivity index (χ2n) is 7.58. The van der Waals surface area contributed by atoms with Gasteiger partial charge in [-0.25, -0.2) is 0 Å². The van der Waals surface area contributed by atoms with Gasteiger partial charge in [0.1, 0.15) is 11.7 Å². The molecule has 32 heavy (non-hydrogen) atoms. The van der Waals surface area contributed by atoms with Crippen LogP contribution in [0.4, 0.5) is 0 Å². The number of methoxy groups -OCH3 is 2. The number of amides is 1. The smallest absolute Gasteiger partial charge is 0.244 e. The predicted molar refractivity (Wildman–Crippen MR) is 126 cm³/mol. The first-order valence-corrected chi connectivity index (χ1v) is 10.6. The Morgan fingerprint density at radius 3 is 2.44 bits per heavy atom. The number of rotatable bonds is 8. The number of nitrogens with one attached hydrogen (secondary N) is 1. The van der Waals surface area contributed by atoms with Crippen molar-refractivity contribution < 1.29 is 14.3 Å². The third kappa shape index (κ3) is 4.30. The average Bonchev–Trinajstić information content (AvgIpc) is 3.23. The van der Waals surface area contributed by atoms with Crippen molar-refractivity contribution >= 4 is 16.8 Å². The van der Waals surface area contributed by atoms with Gasteiger partial charge in [-0.2, -0.15) is 5.10 Å². The maximum Gasteiger partial charge on any atom is 0.244 e. The van der Waals surface area contributed by atoms with Crippen molar-refractivity contribution in [3.8, 4) is 22.8 Å². The lowest BCUT2D eigenvalue weighted by Gasteiger charge is -2.14. The van der Waals surface area contributed by atoms with Gasteiger partial charge in [-0.3, -0.25) is 9.48 Å². The molecule has 164 valence electrons. The van der Waals surface area contributed by atoms with Crippen molar-refractivity contribution in [1.82, 2.24) is 15.1 Å². The number of carbonyl (C=O) groups excluding carboxylic acids is 1. The van der Waals surface area contributed by atoms with Crippen LogP contribution in [0.3, 0.4) is 0 Å². The molecule has 4 rings (SSSR count). The van der Waals surface area contributed by atoms with Crippen molar-refractivity contribution in [3.05, 3.63) is 78.4 Å². The van der Waals surface area contributed by atoms with Crippen molar-refractivity contribution in [2.75, 3.05) is 20.8 Å². The molecule has 6 nitrogen and oxygen atoms in total. The first-order chi connectivity index (χ1) is 15.6. The molecule has 1 aromatic heterocycles. The lowest BCUT2D eigenvalue weighted by atomic mass is 10.1. The predicted octanol–water partition coefficient (Wildman–Crippen LogP) is 4.64. The fraction of sp³-hybridized carbons (Fsp3) is 0.231. The van der Waals surface area contributed by atoms with Gasteiger partial charge in [-0.15, -0.1) is 0 Å². The van der Waals surface area contributed by atoms with E-state index in [0.717, 1.165) is 27.7 Å². The topological polar surface area (TPSA) is 65.4 Å². The SMILES string of the molecule is COc1ccc(CCNC(=O)C(C)n2nc(-c3ccccc3)c3ccccc32)cc1OC. The Morgan fingerprint density at radius 1 is 0.969 bits per heavy atom. The van der Waals surface area contributed by atoms with Gasteiger partial charge in [0, 0.05) is 17.5 Å². The highest BCUT2D eigenvalue weighted by Crippen LogP contribution is 2.30. The molecule has 3 aromatic carbocycles. The highest BCUT2D eigenvalue weighted by molar-refractivity contribution is 5.94. The number of nitrogens with zero attached hydrogens (tertiary/aromatic N) is 2. The van der Waals surface area contributed by atoms with Crippen LogP contribution in [0, 0.1) is 0 Å². The van der Waals surface area contributed by atoms with Crippen LogP contribution in [-0.2, 0) is 11.2 Å². The van der Waals surface area contributed by atoms with Gasteiger partial charge in [0.25, 0.3) is 0 Å². The minimum Gasteiger partial charge on any atom is -0.493 e. The number of fused-ring (bicyclic) bond motifs is 1. The van der Waals surface area contributed by atoms with Crippen LogP contribution in [0.5, 0.6) is 11.5 Å². The van der Waals surface area contributed by atoms with Gasteiger partial charge < -0.3 is 14.8 Å². The monoisotopic (exact) mass is 429 g/mol. The Balaban J connectivity index is 1.49. The molecule has 0 spiro atoms. The number of carbonyl (C=O) groups is 1. The van der Waals surface area contributed by atoms with E-state index in [1.165, 1.54) is 0 Å². The molecule has 1 N–H and O–H groups in total. The normalized spacial score (nSPS) is 11.8. The second kappa shape index (κ2) is 9.56.